The summed E-state index contributed by atoms with van der Waals surface area (Å²) in [6.45, 7) is -0.156. The SMILES string of the molecule is O=C(CCCO)c1cnc(C(F)(F)F)s1. The number of carbonyl (C=O) groups is 1. The van der Waals surface area contributed by atoms with E-state index in [1.54, 1.807) is 0 Å². The number of alkyl halides is 3. The summed E-state index contributed by atoms with van der Waals surface area (Å²) in [5.41, 5.74) is 0. The fourth-order valence-electron chi connectivity index (χ4n) is 0.897. The maximum absolute atomic E-state index is 12.1. The van der Waals surface area contributed by atoms with Gasteiger partial charge < -0.3 is 5.11 Å². The second-order valence-electron chi connectivity index (χ2n) is 2.78. The molecule has 1 rings (SSSR count). The molecule has 0 radical (unpaired) electrons. The highest BCUT2D eigenvalue weighted by Crippen LogP contribution is 2.32. The first-order valence-corrected chi connectivity index (χ1v) is 4.94. The molecule has 15 heavy (non-hydrogen) atoms. The highest BCUT2D eigenvalue weighted by molar-refractivity contribution is 7.13. The number of halogens is 3. The van der Waals surface area contributed by atoms with Crippen molar-refractivity contribution in [2.45, 2.75) is 19.0 Å². The molecule has 0 unspecified atom stereocenters. The Bertz CT molecular complexity index is 348. The lowest BCUT2D eigenvalue weighted by Crippen LogP contribution is -2.03. The standard InChI is InChI=1S/C8H8F3NO2S/c9-8(10,11)7-12-4-6(15-7)5(14)2-1-3-13/h4,13H,1-3H2. The Morgan fingerprint density at radius 2 is 2.20 bits per heavy atom. The predicted molar refractivity (Wildman–Crippen MR) is 47.8 cm³/mol. The van der Waals surface area contributed by atoms with Crippen molar-refractivity contribution in [3.8, 4) is 0 Å². The van der Waals surface area contributed by atoms with Gasteiger partial charge in [0.2, 0.25) is 0 Å². The van der Waals surface area contributed by atoms with Gasteiger partial charge >= 0.3 is 6.18 Å². The molecule has 0 fully saturated rings. The fraction of sp³-hybridized carbons (Fsp3) is 0.500. The van der Waals surface area contributed by atoms with Crippen LogP contribution in [0.1, 0.15) is 27.5 Å². The average molecular weight is 239 g/mol. The number of hydrogen-bond donors (Lipinski definition) is 1. The van der Waals surface area contributed by atoms with E-state index in [0.29, 0.717) is 11.3 Å². The van der Waals surface area contributed by atoms with Crippen LogP contribution in [0.2, 0.25) is 0 Å². The van der Waals surface area contributed by atoms with E-state index in [4.69, 9.17) is 5.11 Å². The zero-order valence-corrected chi connectivity index (χ0v) is 8.36. The van der Waals surface area contributed by atoms with Gasteiger partial charge in [-0.1, -0.05) is 0 Å². The molecule has 0 aliphatic heterocycles. The predicted octanol–water partition coefficient (Wildman–Crippen LogP) is 2.12. The molecule has 0 aromatic carbocycles. The maximum atomic E-state index is 12.1. The van der Waals surface area contributed by atoms with Crippen LogP contribution in [0.4, 0.5) is 13.2 Å². The molecule has 7 heteroatoms. The number of carbonyl (C=O) groups excluding carboxylic acids is 1. The Balaban J connectivity index is 2.72. The molecule has 0 aliphatic carbocycles. The van der Waals surface area contributed by atoms with Gasteiger partial charge in [-0.2, -0.15) is 13.2 Å². The average Bonchev–Trinajstić information content (AvgIpc) is 2.62. The third kappa shape index (κ3) is 3.28. The lowest BCUT2D eigenvalue weighted by atomic mass is 10.2. The van der Waals surface area contributed by atoms with Gasteiger partial charge in [0.05, 0.1) is 4.88 Å². The quantitative estimate of drug-likeness (QED) is 0.819. The molecule has 0 bridgehead atoms. The molecule has 0 spiro atoms. The molecule has 0 aliphatic rings. The van der Waals surface area contributed by atoms with E-state index in [1.165, 1.54) is 0 Å². The van der Waals surface area contributed by atoms with Gasteiger partial charge in [0.25, 0.3) is 0 Å². The summed E-state index contributed by atoms with van der Waals surface area (Å²) in [6.07, 6.45) is -3.29. The highest BCUT2D eigenvalue weighted by atomic mass is 32.1. The highest BCUT2D eigenvalue weighted by Gasteiger charge is 2.35. The van der Waals surface area contributed by atoms with E-state index < -0.39 is 17.0 Å². The van der Waals surface area contributed by atoms with Crippen molar-refractivity contribution in [1.29, 1.82) is 0 Å². The molecule has 0 saturated heterocycles. The lowest BCUT2D eigenvalue weighted by Gasteiger charge is -1.98. The van der Waals surface area contributed by atoms with Crippen molar-refractivity contribution in [2.75, 3.05) is 6.61 Å². The van der Waals surface area contributed by atoms with Crippen LogP contribution in [0.5, 0.6) is 0 Å². The van der Waals surface area contributed by atoms with E-state index in [2.05, 4.69) is 4.98 Å². The zero-order valence-electron chi connectivity index (χ0n) is 7.54. The normalized spacial score (nSPS) is 11.7. The van der Waals surface area contributed by atoms with Crippen LogP contribution in [0, 0.1) is 0 Å². The van der Waals surface area contributed by atoms with Crippen LogP contribution in [-0.2, 0) is 6.18 Å². The summed E-state index contributed by atoms with van der Waals surface area (Å²) in [6, 6.07) is 0. The van der Waals surface area contributed by atoms with Crippen LogP contribution in [0.25, 0.3) is 0 Å². The minimum absolute atomic E-state index is 0.0178. The van der Waals surface area contributed by atoms with Crippen molar-refractivity contribution in [2.24, 2.45) is 0 Å². The summed E-state index contributed by atoms with van der Waals surface area (Å²) in [7, 11) is 0. The number of rotatable bonds is 4. The van der Waals surface area contributed by atoms with Crippen LogP contribution < -0.4 is 0 Å². The molecule has 1 aromatic heterocycles. The molecule has 84 valence electrons. The summed E-state index contributed by atoms with van der Waals surface area (Å²) in [5, 5.41) is 7.43. The van der Waals surface area contributed by atoms with Crippen LogP contribution in [0.3, 0.4) is 0 Å². The molecular weight excluding hydrogens is 231 g/mol. The summed E-state index contributed by atoms with van der Waals surface area (Å²) in [5.74, 6) is -0.419. The topological polar surface area (TPSA) is 50.2 Å². The van der Waals surface area contributed by atoms with Crippen molar-refractivity contribution in [3.63, 3.8) is 0 Å². The molecule has 3 nitrogen and oxygen atoms in total. The largest absolute Gasteiger partial charge is 0.443 e. The maximum Gasteiger partial charge on any atom is 0.443 e. The second-order valence-corrected chi connectivity index (χ2v) is 3.81. The molecule has 0 saturated carbocycles. The smallest absolute Gasteiger partial charge is 0.396 e. The molecular formula is C8H8F3NO2S. The molecule has 1 aromatic rings. The number of aliphatic hydroxyl groups is 1. The number of aliphatic hydroxyl groups excluding tert-OH is 1. The monoisotopic (exact) mass is 239 g/mol. The Kier molecular flexibility index (Phi) is 3.81. The van der Waals surface area contributed by atoms with E-state index in [-0.39, 0.29) is 24.3 Å². The van der Waals surface area contributed by atoms with E-state index >= 15 is 0 Å². The number of ketones is 1. The van der Waals surface area contributed by atoms with Crippen molar-refractivity contribution in [3.05, 3.63) is 16.1 Å². The molecule has 1 heterocycles. The molecule has 1 N–H and O–H groups in total. The minimum atomic E-state index is -4.50. The summed E-state index contributed by atoms with van der Waals surface area (Å²) < 4.78 is 36.3. The van der Waals surface area contributed by atoms with Gasteiger partial charge in [-0.3, -0.25) is 4.79 Å². The van der Waals surface area contributed by atoms with Gasteiger partial charge in [0, 0.05) is 19.2 Å². The third-order valence-corrected chi connectivity index (χ3v) is 2.67. The van der Waals surface area contributed by atoms with Crippen molar-refractivity contribution >= 4 is 17.1 Å². The first-order valence-electron chi connectivity index (χ1n) is 4.12. The fourth-order valence-corrected chi connectivity index (χ4v) is 1.65. The Morgan fingerprint density at radius 1 is 1.53 bits per heavy atom. The zero-order chi connectivity index (χ0) is 11.5. The Hall–Kier alpha value is -0.950. The van der Waals surface area contributed by atoms with Gasteiger partial charge in [0.1, 0.15) is 0 Å². The number of Topliss-reactive ketones (excluding diaryl/α,β-unsaturated/α-hetero) is 1. The van der Waals surface area contributed by atoms with Crippen molar-refractivity contribution in [1.82, 2.24) is 4.98 Å². The van der Waals surface area contributed by atoms with Gasteiger partial charge in [0.15, 0.2) is 10.8 Å². The first-order chi connectivity index (χ1) is 6.95. The minimum Gasteiger partial charge on any atom is -0.396 e. The number of aromatic nitrogens is 1. The lowest BCUT2D eigenvalue weighted by molar-refractivity contribution is -0.137. The van der Waals surface area contributed by atoms with E-state index in [1.807, 2.05) is 0 Å². The number of thiazole rings is 1. The molecule has 0 amide bonds. The van der Waals surface area contributed by atoms with E-state index in [9.17, 15) is 18.0 Å². The van der Waals surface area contributed by atoms with Gasteiger partial charge in [-0.05, 0) is 6.42 Å². The Morgan fingerprint density at radius 3 is 2.67 bits per heavy atom. The van der Waals surface area contributed by atoms with Crippen LogP contribution in [0.15, 0.2) is 6.20 Å². The van der Waals surface area contributed by atoms with Crippen LogP contribution >= 0.6 is 11.3 Å². The van der Waals surface area contributed by atoms with Crippen LogP contribution in [-0.4, -0.2) is 22.5 Å². The number of nitrogens with zero attached hydrogens (tertiary/aromatic N) is 1. The summed E-state index contributed by atoms with van der Waals surface area (Å²) >= 11 is 0.331. The second kappa shape index (κ2) is 4.71. The molecule has 0 atom stereocenters. The Labute approximate surface area is 87.6 Å². The van der Waals surface area contributed by atoms with Gasteiger partial charge in [-0.15, -0.1) is 11.3 Å². The van der Waals surface area contributed by atoms with E-state index in [0.717, 1.165) is 6.20 Å². The third-order valence-electron chi connectivity index (χ3n) is 1.58. The van der Waals surface area contributed by atoms with Crippen molar-refractivity contribution < 1.29 is 23.1 Å². The first kappa shape index (κ1) is 12.1. The number of hydrogen-bond acceptors (Lipinski definition) is 4. The van der Waals surface area contributed by atoms with Gasteiger partial charge in [-0.25, -0.2) is 4.98 Å². The summed E-state index contributed by atoms with van der Waals surface area (Å²) in [4.78, 5) is 14.3.